The average molecular weight is 451 g/mol. The number of thiophene rings is 1. The van der Waals surface area contributed by atoms with Crippen LogP contribution < -0.4 is 5.32 Å². The van der Waals surface area contributed by atoms with Crippen molar-refractivity contribution >= 4 is 28.1 Å². The molecule has 4 heterocycles. The topological polar surface area (TPSA) is 40.5 Å². The Balaban J connectivity index is 1.05. The molecule has 2 aromatic heterocycles. The lowest BCUT2D eigenvalue weighted by Gasteiger charge is -2.40. The van der Waals surface area contributed by atoms with E-state index in [4.69, 9.17) is 0 Å². The zero-order chi connectivity index (χ0) is 21.8. The van der Waals surface area contributed by atoms with Crippen molar-refractivity contribution in [2.75, 3.05) is 39.3 Å². The maximum Gasteiger partial charge on any atom is 0.261 e. The number of benzene rings is 1. The number of hydrogen-bond acceptors (Lipinski definition) is 4. The molecule has 2 aliphatic heterocycles. The second-order valence-electron chi connectivity index (χ2n) is 9.16. The van der Waals surface area contributed by atoms with Crippen LogP contribution in [0.4, 0.5) is 0 Å². The SMILES string of the molecule is O=C(NCCCN1CCC(N2CCCCC2)CC1)c1ccc(-n2ccc3ccccc32)s1. The second kappa shape index (κ2) is 10.2. The number of aromatic nitrogens is 1. The van der Waals surface area contributed by atoms with Gasteiger partial charge in [0.15, 0.2) is 0 Å². The Morgan fingerprint density at radius 1 is 0.969 bits per heavy atom. The molecule has 0 bridgehead atoms. The summed E-state index contributed by atoms with van der Waals surface area (Å²) in [7, 11) is 0. The molecule has 1 amide bonds. The van der Waals surface area contributed by atoms with E-state index in [1.807, 2.05) is 12.1 Å². The van der Waals surface area contributed by atoms with E-state index >= 15 is 0 Å². The van der Waals surface area contributed by atoms with E-state index in [9.17, 15) is 4.79 Å². The fourth-order valence-electron chi connectivity index (χ4n) is 5.24. The van der Waals surface area contributed by atoms with Crippen molar-refractivity contribution in [3.05, 3.63) is 53.5 Å². The highest BCUT2D eigenvalue weighted by atomic mass is 32.1. The van der Waals surface area contributed by atoms with Gasteiger partial charge in [0.2, 0.25) is 0 Å². The van der Waals surface area contributed by atoms with Crippen LogP contribution in [0.3, 0.4) is 0 Å². The van der Waals surface area contributed by atoms with Crippen LogP contribution in [-0.4, -0.2) is 65.6 Å². The lowest BCUT2D eigenvalue weighted by atomic mass is 10.00. The number of carbonyl (C=O) groups excluding carboxylic acids is 1. The molecule has 3 aromatic rings. The standard InChI is InChI=1S/C26H34N4OS/c31-26(24-9-10-25(32-24)30-20-11-21-7-2-3-8-23(21)30)27-14-6-15-28-18-12-22(13-19-28)29-16-4-1-5-17-29/h2-3,7-11,20,22H,1,4-6,12-19H2,(H,27,31). The van der Waals surface area contributed by atoms with Crippen molar-refractivity contribution in [2.24, 2.45) is 0 Å². The summed E-state index contributed by atoms with van der Waals surface area (Å²) in [6.07, 6.45) is 9.88. The molecule has 2 saturated heterocycles. The van der Waals surface area contributed by atoms with E-state index in [0.29, 0.717) is 0 Å². The number of nitrogens with zero attached hydrogens (tertiary/aromatic N) is 3. The first-order valence-electron chi connectivity index (χ1n) is 12.2. The normalized spacial score (nSPS) is 18.9. The summed E-state index contributed by atoms with van der Waals surface area (Å²) < 4.78 is 2.16. The molecule has 0 saturated carbocycles. The Bertz CT molecular complexity index is 1030. The van der Waals surface area contributed by atoms with Gasteiger partial charge in [-0.15, -0.1) is 11.3 Å². The minimum atomic E-state index is 0.0431. The number of piperidine rings is 2. The summed E-state index contributed by atoms with van der Waals surface area (Å²) in [5, 5.41) is 5.41. The molecule has 1 N–H and O–H groups in total. The largest absolute Gasteiger partial charge is 0.351 e. The molecule has 2 fully saturated rings. The molecule has 170 valence electrons. The van der Waals surface area contributed by atoms with Gasteiger partial charge in [0.1, 0.15) is 5.00 Å². The molecule has 0 spiro atoms. The van der Waals surface area contributed by atoms with Crippen LogP contribution in [0.2, 0.25) is 0 Å². The monoisotopic (exact) mass is 450 g/mol. The van der Waals surface area contributed by atoms with Crippen molar-refractivity contribution in [2.45, 2.75) is 44.6 Å². The summed E-state index contributed by atoms with van der Waals surface area (Å²) >= 11 is 1.55. The van der Waals surface area contributed by atoms with Crippen molar-refractivity contribution in [3.63, 3.8) is 0 Å². The molecule has 6 heteroatoms. The average Bonchev–Trinajstić information content (AvgIpc) is 3.50. The number of nitrogens with one attached hydrogen (secondary N) is 1. The number of fused-ring (bicyclic) bond motifs is 1. The quantitative estimate of drug-likeness (QED) is 0.528. The summed E-state index contributed by atoms with van der Waals surface area (Å²) in [6.45, 7) is 6.84. The summed E-state index contributed by atoms with van der Waals surface area (Å²) in [4.78, 5) is 18.7. The number of rotatable bonds is 7. The summed E-state index contributed by atoms with van der Waals surface area (Å²) in [5.74, 6) is 0.0431. The molecule has 5 rings (SSSR count). The van der Waals surface area contributed by atoms with E-state index in [1.54, 1.807) is 11.3 Å². The highest BCUT2D eigenvalue weighted by Gasteiger charge is 2.25. The molecule has 2 aliphatic rings. The Kier molecular flexibility index (Phi) is 6.91. The van der Waals surface area contributed by atoms with Crippen LogP contribution >= 0.6 is 11.3 Å². The lowest BCUT2D eigenvalue weighted by Crippen LogP contribution is -2.47. The summed E-state index contributed by atoms with van der Waals surface area (Å²) in [5.41, 5.74) is 1.17. The first kappa shape index (κ1) is 21.7. The molecule has 32 heavy (non-hydrogen) atoms. The van der Waals surface area contributed by atoms with Gasteiger partial charge in [-0.25, -0.2) is 0 Å². The number of hydrogen-bond donors (Lipinski definition) is 1. The Morgan fingerprint density at radius 2 is 1.78 bits per heavy atom. The molecular formula is C26H34N4OS. The van der Waals surface area contributed by atoms with E-state index in [2.05, 4.69) is 56.2 Å². The molecule has 0 unspecified atom stereocenters. The second-order valence-corrected chi connectivity index (χ2v) is 10.2. The number of carbonyl (C=O) groups is 1. The predicted molar refractivity (Wildman–Crippen MR) is 133 cm³/mol. The minimum Gasteiger partial charge on any atom is -0.351 e. The molecule has 1 aromatic carbocycles. The number of likely N-dealkylation sites (tertiary alicyclic amines) is 2. The Labute approximate surface area is 195 Å². The maximum absolute atomic E-state index is 12.6. The van der Waals surface area contributed by atoms with Crippen LogP contribution in [0.25, 0.3) is 15.9 Å². The number of amides is 1. The van der Waals surface area contributed by atoms with E-state index in [1.165, 1.54) is 69.2 Å². The third kappa shape index (κ3) is 4.92. The van der Waals surface area contributed by atoms with Gasteiger partial charge < -0.3 is 19.7 Å². The molecule has 5 nitrogen and oxygen atoms in total. The highest BCUT2D eigenvalue weighted by molar-refractivity contribution is 7.16. The molecule has 0 atom stereocenters. The smallest absolute Gasteiger partial charge is 0.261 e. The van der Waals surface area contributed by atoms with Crippen molar-refractivity contribution < 1.29 is 4.79 Å². The fourth-order valence-corrected chi connectivity index (χ4v) is 6.16. The minimum absolute atomic E-state index is 0.0431. The first-order valence-corrected chi connectivity index (χ1v) is 13.0. The third-order valence-electron chi connectivity index (χ3n) is 7.05. The Hall–Kier alpha value is -2.15. The first-order chi connectivity index (χ1) is 15.8. The zero-order valence-corrected chi connectivity index (χ0v) is 19.7. The van der Waals surface area contributed by atoms with Crippen molar-refractivity contribution in [1.29, 1.82) is 0 Å². The highest BCUT2D eigenvalue weighted by Crippen LogP contribution is 2.26. The van der Waals surface area contributed by atoms with E-state index < -0.39 is 0 Å². The van der Waals surface area contributed by atoms with Gasteiger partial charge in [0.25, 0.3) is 5.91 Å². The van der Waals surface area contributed by atoms with E-state index in [0.717, 1.165) is 35.4 Å². The third-order valence-corrected chi connectivity index (χ3v) is 8.14. The van der Waals surface area contributed by atoms with Crippen molar-refractivity contribution in [3.8, 4) is 5.00 Å². The summed E-state index contributed by atoms with van der Waals surface area (Å²) in [6, 6.07) is 15.2. The van der Waals surface area contributed by atoms with Crippen LogP contribution in [0.5, 0.6) is 0 Å². The lowest BCUT2D eigenvalue weighted by molar-refractivity contribution is 0.0904. The van der Waals surface area contributed by atoms with Gasteiger partial charge in [-0.1, -0.05) is 24.6 Å². The van der Waals surface area contributed by atoms with Gasteiger partial charge in [-0.3, -0.25) is 4.79 Å². The maximum atomic E-state index is 12.6. The van der Waals surface area contributed by atoms with E-state index in [-0.39, 0.29) is 5.91 Å². The Morgan fingerprint density at radius 3 is 2.62 bits per heavy atom. The van der Waals surface area contributed by atoms with Crippen LogP contribution in [-0.2, 0) is 0 Å². The van der Waals surface area contributed by atoms with Crippen LogP contribution in [0.1, 0.15) is 48.2 Å². The molecule has 0 radical (unpaired) electrons. The van der Waals surface area contributed by atoms with Crippen LogP contribution in [0, 0.1) is 0 Å². The van der Waals surface area contributed by atoms with Gasteiger partial charge >= 0.3 is 0 Å². The molecule has 0 aliphatic carbocycles. The van der Waals surface area contributed by atoms with Crippen LogP contribution in [0.15, 0.2) is 48.7 Å². The van der Waals surface area contributed by atoms with Gasteiger partial charge in [-0.2, -0.15) is 0 Å². The van der Waals surface area contributed by atoms with Gasteiger partial charge in [0, 0.05) is 18.8 Å². The van der Waals surface area contributed by atoms with Gasteiger partial charge in [0.05, 0.1) is 10.4 Å². The zero-order valence-electron chi connectivity index (χ0n) is 18.8. The number of para-hydroxylation sites is 1. The fraction of sp³-hybridized carbons (Fsp3) is 0.500. The van der Waals surface area contributed by atoms with Gasteiger partial charge in [-0.05, 0) is 94.5 Å². The van der Waals surface area contributed by atoms with Crippen molar-refractivity contribution in [1.82, 2.24) is 19.7 Å². The predicted octanol–water partition coefficient (Wildman–Crippen LogP) is 4.76. The molecular weight excluding hydrogens is 416 g/mol.